The summed E-state index contributed by atoms with van der Waals surface area (Å²) in [5, 5.41) is 0. The first-order valence-corrected chi connectivity index (χ1v) is 12.7. The topological polar surface area (TPSA) is 88.1 Å². The summed E-state index contributed by atoms with van der Waals surface area (Å²) in [4.78, 5) is 37.2. The van der Waals surface area contributed by atoms with Crippen LogP contribution >= 0.6 is 0 Å². The second kappa shape index (κ2) is 10.5. The average molecular weight is 497 g/mol. The van der Waals surface area contributed by atoms with Crippen LogP contribution in [0.5, 0.6) is 5.75 Å². The van der Waals surface area contributed by atoms with Crippen molar-refractivity contribution in [3.8, 4) is 5.75 Å². The fourth-order valence-electron chi connectivity index (χ4n) is 6.32. The van der Waals surface area contributed by atoms with Crippen LogP contribution in [0.4, 0.5) is 4.79 Å². The Labute approximate surface area is 212 Å². The van der Waals surface area contributed by atoms with E-state index in [1.807, 2.05) is 30.3 Å². The van der Waals surface area contributed by atoms with Gasteiger partial charge in [-0.25, -0.2) is 9.59 Å². The molecule has 4 rings (SSSR count). The van der Waals surface area contributed by atoms with Gasteiger partial charge in [0, 0.05) is 12.0 Å². The molecule has 7 heteroatoms. The van der Waals surface area contributed by atoms with Crippen LogP contribution in [0.3, 0.4) is 0 Å². The Kier molecular flexibility index (Phi) is 7.57. The van der Waals surface area contributed by atoms with Gasteiger partial charge < -0.3 is 18.9 Å². The summed E-state index contributed by atoms with van der Waals surface area (Å²) in [5.74, 6) is 0.751. The van der Waals surface area contributed by atoms with E-state index in [-0.39, 0.29) is 47.6 Å². The molecule has 36 heavy (non-hydrogen) atoms. The molecule has 3 aliphatic rings. The van der Waals surface area contributed by atoms with E-state index in [0.717, 1.165) is 29.7 Å². The lowest BCUT2D eigenvalue weighted by Crippen LogP contribution is -2.52. The van der Waals surface area contributed by atoms with Crippen molar-refractivity contribution < 1.29 is 33.3 Å². The molecule has 1 aromatic rings. The highest BCUT2D eigenvalue weighted by Gasteiger charge is 2.55. The third-order valence-corrected chi connectivity index (χ3v) is 8.85. The summed E-state index contributed by atoms with van der Waals surface area (Å²) < 4.78 is 21.2. The zero-order valence-corrected chi connectivity index (χ0v) is 21.6. The molecular weight excluding hydrogens is 460 g/mol. The number of carbonyl (C=O) groups is 3. The highest BCUT2D eigenvalue weighted by Crippen LogP contribution is 2.61. The van der Waals surface area contributed by atoms with E-state index in [0.29, 0.717) is 31.4 Å². The minimum absolute atomic E-state index is 0.0424. The van der Waals surface area contributed by atoms with Crippen molar-refractivity contribution in [3.63, 3.8) is 0 Å². The fraction of sp³-hybridized carbons (Fsp3) is 0.552. The van der Waals surface area contributed by atoms with E-state index in [4.69, 9.17) is 18.9 Å². The Balaban J connectivity index is 1.45. The standard InChI is InChI=1S/C29H36O7/c1-19-15-23(30)16-25-28(19,2)13-10-22(29(25,3)12-9-21-11-14-34-26(21)31)18-36-27(32)35-17-20-5-7-24(33-4)8-6-20/h5-8,11,15,22,25H,9-10,12-14,16-18H2,1-4H3/t22-,25+,28+,29+/m0/s1. The summed E-state index contributed by atoms with van der Waals surface area (Å²) in [5.41, 5.74) is 2.24. The van der Waals surface area contributed by atoms with Gasteiger partial charge in [0.05, 0.1) is 13.7 Å². The van der Waals surface area contributed by atoms with Gasteiger partial charge in [0.15, 0.2) is 5.78 Å². The first kappa shape index (κ1) is 26.0. The summed E-state index contributed by atoms with van der Waals surface area (Å²) >= 11 is 0. The van der Waals surface area contributed by atoms with Crippen molar-refractivity contribution >= 4 is 17.9 Å². The van der Waals surface area contributed by atoms with Crippen LogP contribution in [0.1, 0.15) is 58.4 Å². The second-order valence-corrected chi connectivity index (χ2v) is 10.7. The Bertz CT molecular complexity index is 1070. The van der Waals surface area contributed by atoms with Gasteiger partial charge in [0.1, 0.15) is 19.0 Å². The van der Waals surface area contributed by atoms with E-state index in [2.05, 4.69) is 20.8 Å². The van der Waals surface area contributed by atoms with E-state index >= 15 is 0 Å². The molecule has 0 amide bonds. The van der Waals surface area contributed by atoms with Crippen LogP contribution < -0.4 is 4.74 Å². The van der Waals surface area contributed by atoms with Crippen molar-refractivity contribution in [2.24, 2.45) is 22.7 Å². The minimum Gasteiger partial charge on any atom is -0.497 e. The molecule has 0 N–H and O–H groups in total. The van der Waals surface area contributed by atoms with Gasteiger partial charge in [-0.15, -0.1) is 0 Å². The van der Waals surface area contributed by atoms with Gasteiger partial charge in [-0.1, -0.05) is 31.6 Å². The maximum Gasteiger partial charge on any atom is 0.508 e. The number of hydrogen-bond donors (Lipinski definition) is 0. The highest BCUT2D eigenvalue weighted by molar-refractivity contribution is 5.92. The predicted molar refractivity (Wildman–Crippen MR) is 133 cm³/mol. The molecular formula is C29H36O7. The minimum atomic E-state index is -0.709. The van der Waals surface area contributed by atoms with Crippen molar-refractivity contribution in [1.82, 2.24) is 0 Å². The molecule has 1 aliphatic heterocycles. The van der Waals surface area contributed by atoms with Gasteiger partial charge >= 0.3 is 12.1 Å². The zero-order chi connectivity index (χ0) is 25.9. The van der Waals surface area contributed by atoms with Gasteiger partial charge in [-0.3, -0.25) is 4.79 Å². The third kappa shape index (κ3) is 5.20. The normalized spacial score (nSPS) is 29.6. The largest absolute Gasteiger partial charge is 0.508 e. The molecule has 1 heterocycles. The van der Waals surface area contributed by atoms with Crippen LogP contribution in [-0.2, 0) is 30.4 Å². The first-order valence-electron chi connectivity index (χ1n) is 12.7. The third-order valence-electron chi connectivity index (χ3n) is 8.85. The zero-order valence-electron chi connectivity index (χ0n) is 21.6. The summed E-state index contributed by atoms with van der Waals surface area (Å²) in [6, 6.07) is 7.30. The van der Waals surface area contributed by atoms with Gasteiger partial charge in [0.2, 0.25) is 0 Å². The van der Waals surface area contributed by atoms with Gasteiger partial charge in [-0.2, -0.15) is 0 Å². The summed E-state index contributed by atoms with van der Waals surface area (Å²) in [6.07, 6.45) is 6.46. The number of methoxy groups -OCH3 is 1. The Morgan fingerprint density at radius 2 is 1.89 bits per heavy atom. The van der Waals surface area contributed by atoms with E-state index in [1.165, 1.54) is 0 Å². The molecule has 7 nitrogen and oxygen atoms in total. The number of carbonyl (C=O) groups excluding carboxylic acids is 3. The van der Waals surface area contributed by atoms with E-state index in [9.17, 15) is 14.4 Å². The Morgan fingerprint density at radius 3 is 2.56 bits per heavy atom. The molecule has 2 aliphatic carbocycles. The molecule has 0 bridgehead atoms. The number of esters is 1. The van der Waals surface area contributed by atoms with Crippen molar-refractivity contribution in [1.29, 1.82) is 0 Å². The molecule has 0 aromatic heterocycles. The molecule has 194 valence electrons. The van der Waals surface area contributed by atoms with Crippen LogP contribution in [0, 0.1) is 22.7 Å². The smallest absolute Gasteiger partial charge is 0.497 e. The second-order valence-electron chi connectivity index (χ2n) is 10.7. The monoisotopic (exact) mass is 496 g/mol. The number of benzene rings is 1. The maximum atomic E-state index is 12.6. The molecule has 1 fully saturated rings. The van der Waals surface area contributed by atoms with Crippen molar-refractivity contribution in [3.05, 3.63) is 53.1 Å². The Hall–Kier alpha value is -3.09. The number of rotatable bonds is 8. The summed E-state index contributed by atoms with van der Waals surface area (Å²) in [6.45, 7) is 7.13. The molecule has 1 aromatic carbocycles. The molecule has 0 saturated heterocycles. The Morgan fingerprint density at radius 1 is 1.14 bits per heavy atom. The van der Waals surface area contributed by atoms with Crippen molar-refractivity contribution in [2.45, 2.75) is 59.5 Å². The molecule has 0 spiro atoms. The van der Waals surface area contributed by atoms with Gasteiger partial charge in [-0.05, 0) is 85.1 Å². The maximum absolute atomic E-state index is 12.6. The van der Waals surface area contributed by atoms with Crippen LogP contribution in [0.15, 0.2) is 47.6 Å². The summed E-state index contributed by atoms with van der Waals surface area (Å²) in [7, 11) is 1.60. The number of allylic oxidation sites excluding steroid dienone is 2. The number of fused-ring (bicyclic) bond motifs is 1. The van der Waals surface area contributed by atoms with Crippen LogP contribution in [-0.4, -0.2) is 38.2 Å². The fourth-order valence-corrected chi connectivity index (χ4v) is 6.32. The molecule has 4 atom stereocenters. The number of ketones is 1. The average Bonchev–Trinajstić information content (AvgIpc) is 3.28. The lowest BCUT2D eigenvalue weighted by atomic mass is 9.46. The van der Waals surface area contributed by atoms with Crippen LogP contribution in [0.2, 0.25) is 0 Å². The molecule has 0 unspecified atom stereocenters. The number of cyclic esters (lactones) is 1. The predicted octanol–water partition coefficient (Wildman–Crippen LogP) is 5.57. The van der Waals surface area contributed by atoms with E-state index in [1.54, 1.807) is 13.2 Å². The highest BCUT2D eigenvalue weighted by atomic mass is 16.7. The molecule has 0 radical (unpaired) electrons. The quantitative estimate of drug-likeness (QED) is 0.435. The SMILES string of the molecule is COc1ccc(COC(=O)OC[C@@H]2CC[C@]3(C)C(C)=CC(=O)C[C@H]3[C@]2(C)CCC2=CCOC2=O)cc1. The lowest BCUT2D eigenvalue weighted by molar-refractivity contribution is -0.136. The van der Waals surface area contributed by atoms with Gasteiger partial charge in [0.25, 0.3) is 0 Å². The van der Waals surface area contributed by atoms with Crippen LogP contribution in [0.25, 0.3) is 0 Å². The molecule has 1 saturated carbocycles. The lowest BCUT2D eigenvalue weighted by Gasteiger charge is -2.58. The number of hydrogen-bond acceptors (Lipinski definition) is 7. The van der Waals surface area contributed by atoms with Crippen molar-refractivity contribution in [2.75, 3.05) is 20.3 Å². The number of ether oxygens (including phenoxy) is 4. The van der Waals surface area contributed by atoms with E-state index < -0.39 is 6.16 Å². The first-order chi connectivity index (χ1) is 17.2.